The van der Waals surface area contributed by atoms with Crippen molar-refractivity contribution in [1.29, 1.82) is 0 Å². The monoisotopic (exact) mass is 505 g/mol. The zero-order chi connectivity index (χ0) is 25.1. The summed E-state index contributed by atoms with van der Waals surface area (Å²) in [5.74, 6) is -2.23. The summed E-state index contributed by atoms with van der Waals surface area (Å²) < 4.78 is 0. The van der Waals surface area contributed by atoms with Gasteiger partial charge in [-0.3, -0.25) is 14.6 Å². The predicted molar refractivity (Wildman–Crippen MR) is 140 cm³/mol. The normalized spacial score (nSPS) is 11.8. The Balaban J connectivity index is 0.00000207. The standard InChI is InChI=1S/C20H17Cl2N3O4.C2H6.C2H2.CH4/c1-2-24-25-10-16-14(11-6-12(21)8-13(22)7-11)4-3-5-15(16)19(28)18(25)20(29)23-9-17(26)27;2*1-2;/h2-8,28H,9-10H2,1H3,(H,23,29)(H,26,27);1-2H3;1-2H;1H4/b24-2-;;;. The fourth-order valence-corrected chi connectivity index (χ4v) is 3.67. The van der Waals surface area contributed by atoms with E-state index in [4.69, 9.17) is 28.3 Å². The summed E-state index contributed by atoms with van der Waals surface area (Å²) in [6.07, 6.45) is 9.47. The molecule has 9 heteroatoms. The Morgan fingerprint density at radius 2 is 1.71 bits per heavy atom. The second-order valence-electron chi connectivity index (χ2n) is 6.19. The molecule has 2 aromatic carbocycles. The number of hydrogen-bond donors (Lipinski definition) is 3. The number of aliphatic hydroxyl groups is 1. The number of hydrogen-bond acceptors (Lipinski definition) is 5. The molecule has 0 unspecified atom stereocenters. The summed E-state index contributed by atoms with van der Waals surface area (Å²) in [5, 5.41) is 28.3. The molecule has 0 atom stereocenters. The number of benzene rings is 2. The lowest BCUT2D eigenvalue weighted by atomic mass is 9.91. The molecule has 1 aliphatic heterocycles. The minimum Gasteiger partial charge on any atom is -0.505 e. The lowest BCUT2D eigenvalue weighted by Crippen LogP contribution is -2.38. The molecule has 0 radical (unpaired) electrons. The second-order valence-corrected chi connectivity index (χ2v) is 7.07. The predicted octanol–water partition coefficient (Wildman–Crippen LogP) is 5.82. The number of carboxylic acid groups (broad SMARTS) is 1. The van der Waals surface area contributed by atoms with E-state index in [1.54, 1.807) is 37.3 Å². The molecule has 0 fully saturated rings. The van der Waals surface area contributed by atoms with Crippen LogP contribution < -0.4 is 5.32 Å². The number of carbonyl (C=O) groups is 2. The zero-order valence-corrected chi connectivity index (χ0v) is 20.0. The van der Waals surface area contributed by atoms with Crippen LogP contribution in [0.2, 0.25) is 10.0 Å². The van der Waals surface area contributed by atoms with Crippen molar-refractivity contribution in [1.82, 2.24) is 10.3 Å². The molecule has 7 nitrogen and oxygen atoms in total. The van der Waals surface area contributed by atoms with Crippen LogP contribution >= 0.6 is 23.2 Å². The molecular weight excluding hydrogens is 477 g/mol. The van der Waals surface area contributed by atoms with E-state index in [0.717, 1.165) is 16.7 Å². The summed E-state index contributed by atoms with van der Waals surface area (Å²) in [6, 6.07) is 10.4. The largest absolute Gasteiger partial charge is 0.505 e. The van der Waals surface area contributed by atoms with E-state index in [1.165, 1.54) is 11.2 Å². The highest BCUT2D eigenvalue weighted by molar-refractivity contribution is 6.35. The summed E-state index contributed by atoms with van der Waals surface area (Å²) in [4.78, 5) is 23.3. The number of rotatable bonds is 5. The number of aliphatic hydroxyl groups excluding tert-OH is 1. The maximum absolute atomic E-state index is 12.5. The molecule has 0 aromatic heterocycles. The first kappa shape index (κ1) is 30.5. The van der Waals surface area contributed by atoms with Crippen LogP contribution in [-0.4, -0.2) is 39.9 Å². The van der Waals surface area contributed by atoms with Crippen LogP contribution in [0.5, 0.6) is 0 Å². The van der Waals surface area contributed by atoms with Crippen LogP contribution in [0.3, 0.4) is 0 Å². The van der Waals surface area contributed by atoms with E-state index in [2.05, 4.69) is 23.3 Å². The minimum atomic E-state index is -1.19. The Kier molecular flexibility index (Phi) is 13.1. The quantitative estimate of drug-likeness (QED) is 0.350. The van der Waals surface area contributed by atoms with Crippen LogP contribution in [0.1, 0.15) is 39.3 Å². The lowest BCUT2D eigenvalue weighted by Gasteiger charge is -2.29. The molecule has 182 valence electrons. The molecule has 0 bridgehead atoms. The van der Waals surface area contributed by atoms with Gasteiger partial charge in [-0.2, -0.15) is 5.10 Å². The molecule has 0 saturated carbocycles. The van der Waals surface area contributed by atoms with Gasteiger partial charge in [0.15, 0.2) is 11.5 Å². The number of carbonyl (C=O) groups excluding carboxylic acids is 1. The SMILES string of the molecule is C.C#C.C/C=N\N1Cc2c(cccc2-c2cc(Cl)cc(Cl)c2)C(O)=C1C(=O)NCC(=O)O.CC. The number of carboxylic acids is 1. The van der Waals surface area contributed by atoms with Crippen molar-refractivity contribution in [2.24, 2.45) is 5.10 Å². The molecule has 0 aliphatic carbocycles. The lowest BCUT2D eigenvalue weighted by molar-refractivity contribution is -0.137. The van der Waals surface area contributed by atoms with Gasteiger partial charge in [-0.05, 0) is 41.8 Å². The fraction of sp³-hybridized carbons (Fsp3) is 0.240. The zero-order valence-electron chi connectivity index (χ0n) is 18.5. The van der Waals surface area contributed by atoms with Crippen molar-refractivity contribution in [2.45, 2.75) is 34.7 Å². The third-order valence-electron chi connectivity index (χ3n) is 4.27. The number of amides is 1. The number of nitrogens with one attached hydrogen (secondary N) is 1. The molecular formula is C25H29Cl2N3O4. The first-order valence-corrected chi connectivity index (χ1v) is 10.7. The number of halogens is 2. The van der Waals surface area contributed by atoms with Crippen molar-refractivity contribution in [3.63, 3.8) is 0 Å². The highest BCUT2D eigenvalue weighted by Crippen LogP contribution is 2.38. The number of fused-ring (bicyclic) bond motifs is 1. The van der Waals surface area contributed by atoms with E-state index >= 15 is 0 Å². The van der Waals surface area contributed by atoms with Crippen LogP contribution in [-0.2, 0) is 16.1 Å². The molecule has 3 N–H and O–H groups in total. The molecule has 1 heterocycles. The average molecular weight is 506 g/mol. The maximum atomic E-state index is 12.5. The highest BCUT2D eigenvalue weighted by Gasteiger charge is 2.31. The Bertz CT molecular complexity index is 1070. The third-order valence-corrected chi connectivity index (χ3v) is 4.70. The van der Waals surface area contributed by atoms with Crippen molar-refractivity contribution in [3.8, 4) is 24.0 Å². The van der Waals surface area contributed by atoms with Crippen LogP contribution in [0.25, 0.3) is 16.9 Å². The van der Waals surface area contributed by atoms with Gasteiger partial charge in [-0.25, -0.2) is 0 Å². The Morgan fingerprint density at radius 3 is 2.24 bits per heavy atom. The third kappa shape index (κ3) is 7.27. The minimum absolute atomic E-state index is 0. The summed E-state index contributed by atoms with van der Waals surface area (Å²) in [5.41, 5.74) is 2.58. The number of hydrazone groups is 1. The molecule has 0 spiro atoms. The van der Waals surface area contributed by atoms with Gasteiger partial charge >= 0.3 is 5.97 Å². The summed E-state index contributed by atoms with van der Waals surface area (Å²) in [7, 11) is 0. The van der Waals surface area contributed by atoms with Gasteiger partial charge in [0.1, 0.15) is 6.54 Å². The molecule has 2 aromatic rings. The molecule has 34 heavy (non-hydrogen) atoms. The van der Waals surface area contributed by atoms with Crippen LogP contribution in [0, 0.1) is 12.8 Å². The molecule has 1 amide bonds. The number of terminal acetylenes is 1. The van der Waals surface area contributed by atoms with E-state index in [-0.39, 0.29) is 25.4 Å². The molecule has 0 saturated heterocycles. The van der Waals surface area contributed by atoms with E-state index in [1.807, 2.05) is 19.9 Å². The van der Waals surface area contributed by atoms with E-state index in [9.17, 15) is 14.7 Å². The second kappa shape index (κ2) is 14.6. The van der Waals surface area contributed by atoms with Gasteiger partial charge in [-0.15, -0.1) is 12.8 Å². The van der Waals surface area contributed by atoms with E-state index in [0.29, 0.717) is 15.6 Å². The van der Waals surface area contributed by atoms with Gasteiger partial charge < -0.3 is 15.5 Å². The van der Waals surface area contributed by atoms with E-state index < -0.39 is 18.4 Å². The summed E-state index contributed by atoms with van der Waals surface area (Å²) in [6.45, 7) is 5.27. The Morgan fingerprint density at radius 1 is 1.15 bits per heavy atom. The number of nitrogens with zero attached hydrogens (tertiary/aromatic N) is 2. The van der Waals surface area contributed by atoms with Gasteiger partial charge in [-0.1, -0.05) is 62.7 Å². The number of aliphatic carboxylic acids is 1. The van der Waals surface area contributed by atoms with Crippen molar-refractivity contribution < 1.29 is 19.8 Å². The topological polar surface area (TPSA) is 102 Å². The maximum Gasteiger partial charge on any atom is 0.322 e. The average Bonchev–Trinajstić information content (AvgIpc) is 2.79. The fourth-order valence-electron chi connectivity index (χ4n) is 3.14. The van der Waals surface area contributed by atoms with Gasteiger partial charge in [0.25, 0.3) is 5.91 Å². The summed E-state index contributed by atoms with van der Waals surface area (Å²) >= 11 is 12.3. The van der Waals surface area contributed by atoms with Crippen molar-refractivity contribution in [3.05, 3.63) is 63.3 Å². The van der Waals surface area contributed by atoms with Crippen LogP contribution in [0.15, 0.2) is 47.2 Å². The van der Waals surface area contributed by atoms with Crippen molar-refractivity contribution >= 4 is 47.1 Å². The van der Waals surface area contributed by atoms with Crippen molar-refractivity contribution in [2.75, 3.05) is 6.54 Å². The van der Waals surface area contributed by atoms with Crippen LogP contribution in [0.4, 0.5) is 0 Å². The van der Waals surface area contributed by atoms with Gasteiger partial charge in [0.2, 0.25) is 0 Å². The smallest absolute Gasteiger partial charge is 0.322 e. The molecule has 1 aliphatic rings. The first-order chi connectivity index (χ1) is 15.8. The molecule has 3 rings (SSSR count). The van der Waals surface area contributed by atoms with Gasteiger partial charge in [0, 0.05) is 21.8 Å². The Hall–Kier alpha value is -3.47. The first-order valence-electron chi connectivity index (χ1n) is 9.93. The van der Waals surface area contributed by atoms with Gasteiger partial charge in [0.05, 0.1) is 6.54 Å². The Labute approximate surface area is 210 Å². The highest BCUT2D eigenvalue weighted by atomic mass is 35.5.